The predicted octanol–water partition coefficient (Wildman–Crippen LogP) is 2.96. The van der Waals surface area contributed by atoms with Crippen LogP contribution in [-0.2, 0) is 29.0 Å². The maximum absolute atomic E-state index is 14.4. The lowest BCUT2D eigenvalue weighted by Gasteiger charge is -2.50. The zero-order valence-corrected chi connectivity index (χ0v) is 27.2. The minimum atomic E-state index is -2.71. The first-order chi connectivity index (χ1) is 22.9. The van der Waals surface area contributed by atoms with Crippen LogP contribution in [0.4, 0.5) is 0 Å². The van der Waals surface area contributed by atoms with Crippen LogP contribution in [-0.4, -0.2) is 79.4 Å². The van der Waals surface area contributed by atoms with Crippen molar-refractivity contribution in [3.63, 3.8) is 0 Å². The summed E-state index contributed by atoms with van der Waals surface area (Å²) >= 11 is 0. The zero-order chi connectivity index (χ0) is 34.5. The van der Waals surface area contributed by atoms with Crippen LogP contribution in [0.15, 0.2) is 53.3 Å². The third-order valence-electron chi connectivity index (χ3n) is 10.8. The quantitative estimate of drug-likeness (QED) is 0.229. The molecule has 0 bridgehead atoms. The van der Waals surface area contributed by atoms with Gasteiger partial charge < -0.3 is 31.5 Å². The molecule has 1 heterocycles. The first kappa shape index (κ1) is 33.4. The number of amides is 2. The number of aromatic nitrogens is 1. The summed E-state index contributed by atoms with van der Waals surface area (Å²) in [5.41, 5.74) is 3.77. The number of carbonyl (C=O) groups excluding carboxylic acids is 4. The van der Waals surface area contributed by atoms with Gasteiger partial charge in [-0.2, -0.15) is 0 Å². The van der Waals surface area contributed by atoms with Crippen LogP contribution in [0.3, 0.4) is 0 Å². The number of phenolic OH excluding ortho intramolecular Hbond substituents is 1. The number of primary amides is 1. The number of nitrogens with two attached hydrogens (primary N) is 1. The highest BCUT2D eigenvalue weighted by molar-refractivity contribution is 6.24. The van der Waals surface area contributed by atoms with Crippen LogP contribution in [0.5, 0.6) is 5.75 Å². The molecule has 4 atom stereocenters. The van der Waals surface area contributed by atoms with Gasteiger partial charge in [-0.25, -0.2) is 0 Å². The van der Waals surface area contributed by atoms with Crippen LogP contribution in [0.25, 0.3) is 0 Å². The minimum Gasteiger partial charge on any atom is -0.510 e. The fraction of sp³-hybridized carbons (Fsp3) is 0.472. The van der Waals surface area contributed by atoms with E-state index in [4.69, 9.17) is 5.73 Å². The number of nitrogens with zero attached hydrogens (tertiary/aromatic N) is 2. The number of phenols is 1. The third-order valence-corrected chi connectivity index (χ3v) is 10.8. The van der Waals surface area contributed by atoms with E-state index in [9.17, 15) is 39.6 Å². The Morgan fingerprint density at radius 2 is 1.83 bits per heavy atom. The summed E-state index contributed by atoms with van der Waals surface area (Å²) in [6.45, 7) is -0.0912. The molecule has 12 heteroatoms. The van der Waals surface area contributed by atoms with E-state index in [1.54, 1.807) is 32.4 Å². The molecule has 12 nitrogen and oxygen atoms in total. The maximum Gasteiger partial charge on any atom is 0.255 e. The molecule has 0 radical (unpaired) electrons. The number of hydrogen-bond donors (Lipinski definition) is 6. The Morgan fingerprint density at radius 3 is 2.48 bits per heavy atom. The van der Waals surface area contributed by atoms with Gasteiger partial charge in [-0.05, 0) is 74.9 Å². The van der Waals surface area contributed by atoms with Crippen LogP contribution < -0.4 is 11.1 Å². The lowest BCUT2D eigenvalue weighted by Crippen LogP contribution is -2.63. The Bertz CT molecular complexity index is 1740. The van der Waals surface area contributed by atoms with Gasteiger partial charge in [0.25, 0.3) is 11.8 Å². The smallest absolute Gasteiger partial charge is 0.255 e. The van der Waals surface area contributed by atoms with Crippen molar-refractivity contribution in [1.29, 1.82) is 0 Å². The molecule has 0 spiro atoms. The van der Waals surface area contributed by atoms with Gasteiger partial charge in [-0.3, -0.25) is 29.1 Å². The van der Waals surface area contributed by atoms with Gasteiger partial charge in [0.1, 0.15) is 22.8 Å². The topological polar surface area (TPSA) is 203 Å². The molecule has 7 N–H and O–H groups in total. The van der Waals surface area contributed by atoms with Gasteiger partial charge in [0.05, 0.1) is 17.2 Å². The van der Waals surface area contributed by atoms with Crippen molar-refractivity contribution in [2.75, 3.05) is 14.1 Å². The summed E-state index contributed by atoms with van der Waals surface area (Å²) in [4.78, 5) is 58.7. The van der Waals surface area contributed by atoms with Gasteiger partial charge in [-0.15, -0.1) is 0 Å². The summed E-state index contributed by atoms with van der Waals surface area (Å²) in [5.74, 6) is -6.77. The number of ketones is 2. The van der Waals surface area contributed by atoms with Gasteiger partial charge >= 0.3 is 0 Å². The molecule has 1 fully saturated rings. The molecule has 2 aromatic rings. The Labute approximate surface area is 278 Å². The van der Waals surface area contributed by atoms with Gasteiger partial charge in [0.15, 0.2) is 11.4 Å². The number of aryl methyl sites for hydroxylation is 1. The van der Waals surface area contributed by atoms with Crippen molar-refractivity contribution >= 4 is 23.4 Å². The standard InChI is InChI=1S/C36H42N4O8/c1-40(2)28-24-15-21-14-23-19(11-10-18-7-4-3-5-8-18)13-22(17-39-35(47)20-9-6-12-38-16-20)29(41)26(23)30(42)25(21)32(44)36(24,48)33(45)27(31(28)43)34(37)46/h6,9,12-13,16,18,21,24,28,41,43-44,48H,3-5,7-8,10-11,14-15,17H2,1-2H3,(H2,37,46)(H,39,47)/t21-,24-,28-,36-/m0/s1. The Balaban J connectivity index is 1.43. The van der Waals surface area contributed by atoms with Crippen molar-refractivity contribution in [1.82, 2.24) is 15.2 Å². The molecule has 0 saturated heterocycles. The lowest BCUT2D eigenvalue weighted by atomic mass is 9.58. The number of aliphatic hydroxyl groups is 3. The highest BCUT2D eigenvalue weighted by atomic mass is 16.3. The number of likely N-dealkylation sites (N-methyl/N-ethyl adjacent to an activating group) is 1. The molecular formula is C36H42N4O8. The number of carbonyl (C=O) groups is 4. The zero-order valence-electron chi connectivity index (χ0n) is 27.2. The number of benzene rings is 1. The molecule has 254 valence electrons. The summed E-state index contributed by atoms with van der Waals surface area (Å²) in [6.07, 6.45) is 10.6. The largest absolute Gasteiger partial charge is 0.510 e. The van der Waals surface area contributed by atoms with E-state index in [1.807, 2.05) is 6.07 Å². The molecule has 48 heavy (non-hydrogen) atoms. The molecule has 1 aromatic carbocycles. The Morgan fingerprint density at radius 1 is 1.10 bits per heavy atom. The van der Waals surface area contributed by atoms with Crippen molar-refractivity contribution < 1.29 is 39.6 Å². The summed E-state index contributed by atoms with van der Waals surface area (Å²) < 4.78 is 0. The number of aliphatic hydroxyl groups excluding tert-OH is 2. The monoisotopic (exact) mass is 658 g/mol. The number of aromatic hydroxyl groups is 1. The molecule has 4 aliphatic rings. The highest BCUT2D eigenvalue weighted by Gasteiger charge is 2.63. The molecule has 0 aliphatic heterocycles. The normalized spacial score (nSPS) is 25.9. The average molecular weight is 659 g/mol. The van der Waals surface area contributed by atoms with Gasteiger partial charge in [0, 0.05) is 36.0 Å². The first-order valence-corrected chi connectivity index (χ1v) is 16.6. The van der Waals surface area contributed by atoms with Crippen molar-refractivity contribution in [3.8, 4) is 5.75 Å². The second-order valence-corrected chi connectivity index (χ2v) is 13.8. The molecule has 2 amide bonds. The number of allylic oxidation sites excluding steroid dienone is 1. The van der Waals surface area contributed by atoms with Crippen LogP contribution in [0, 0.1) is 17.8 Å². The van der Waals surface area contributed by atoms with Crippen LogP contribution >= 0.6 is 0 Å². The second-order valence-electron chi connectivity index (χ2n) is 13.8. The summed E-state index contributed by atoms with van der Waals surface area (Å²) in [6, 6.07) is 4.02. The highest BCUT2D eigenvalue weighted by Crippen LogP contribution is 2.53. The fourth-order valence-corrected chi connectivity index (χ4v) is 8.43. The first-order valence-electron chi connectivity index (χ1n) is 16.6. The van der Waals surface area contributed by atoms with E-state index >= 15 is 0 Å². The SMILES string of the molecule is CN(C)[C@@H]1C(O)=C(C(N)=O)C(=O)[C@@]2(O)C(O)=C3C(=O)c4c(O)c(CNC(=O)c5cccnc5)cc(CCC5CCCCC5)c4C[C@H]3C[C@@H]12. The van der Waals surface area contributed by atoms with Gasteiger partial charge in [-0.1, -0.05) is 38.2 Å². The van der Waals surface area contributed by atoms with E-state index in [0.717, 1.165) is 24.8 Å². The Kier molecular flexibility index (Phi) is 8.90. The number of Topliss-reactive ketones (excluding diaryl/α,β-unsaturated/α-hetero) is 2. The summed E-state index contributed by atoms with van der Waals surface area (Å²) in [5, 5.41) is 49.0. The molecule has 1 aromatic heterocycles. The molecular weight excluding hydrogens is 616 g/mol. The second kappa shape index (κ2) is 12.8. The average Bonchev–Trinajstić information content (AvgIpc) is 3.06. The number of hydrogen-bond acceptors (Lipinski definition) is 10. The number of pyridine rings is 1. The van der Waals surface area contributed by atoms with Gasteiger partial charge in [0.2, 0.25) is 5.78 Å². The third kappa shape index (κ3) is 5.46. The predicted molar refractivity (Wildman–Crippen MR) is 174 cm³/mol. The molecule has 0 unspecified atom stereocenters. The van der Waals surface area contributed by atoms with Crippen LogP contribution in [0.1, 0.15) is 82.4 Å². The fourth-order valence-electron chi connectivity index (χ4n) is 8.43. The van der Waals surface area contributed by atoms with Crippen LogP contribution in [0.2, 0.25) is 0 Å². The van der Waals surface area contributed by atoms with E-state index in [-0.39, 0.29) is 36.3 Å². The molecule has 4 aliphatic carbocycles. The molecule has 6 rings (SSSR count). The summed E-state index contributed by atoms with van der Waals surface area (Å²) in [7, 11) is 3.20. The van der Waals surface area contributed by atoms with Crippen molar-refractivity contribution in [2.45, 2.75) is 76.0 Å². The molecule has 1 saturated carbocycles. The minimum absolute atomic E-state index is 0.0253. The van der Waals surface area contributed by atoms with E-state index in [0.29, 0.717) is 29.0 Å². The Hall–Kier alpha value is -4.55. The van der Waals surface area contributed by atoms with Crippen molar-refractivity contribution in [2.24, 2.45) is 23.5 Å². The lowest BCUT2D eigenvalue weighted by molar-refractivity contribution is -0.148. The van der Waals surface area contributed by atoms with E-state index in [1.165, 1.54) is 30.4 Å². The van der Waals surface area contributed by atoms with E-state index < -0.39 is 64.0 Å². The van der Waals surface area contributed by atoms with Crippen molar-refractivity contribution in [3.05, 3.63) is 81.1 Å². The maximum atomic E-state index is 14.4. The van der Waals surface area contributed by atoms with E-state index in [2.05, 4.69) is 10.3 Å². The number of rotatable bonds is 8. The number of nitrogens with one attached hydrogen (secondary N) is 1. The number of fused-ring (bicyclic) bond motifs is 3.